The van der Waals surface area contributed by atoms with E-state index in [1.807, 2.05) is 22.2 Å². The van der Waals surface area contributed by atoms with Gasteiger partial charge in [0, 0.05) is 24.0 Å². The van der Waals surface area contributed by atoms with E-state index in [0.29, 0.717) is 12.2 Å². The topological polar surface area (TPSA) is 85.3 Å². The summed E-state index contributed by atoms with van der Waals surface area (Å²) in [5.41, 5.74) is 1.32. The van der Waals surface area contributed by atoms with Crippen molar-refractivity contribution in [1.82, 2.24) is 24.4 Å². The Bertz CT molecular complexity index is 669. The Kier molecular flexibility index (Phi) is 2.56. The molecule has 0 unspecified atom stereocenters. The van der Waals surface area contributed by atoms with E-state index in [0.717, 1.165) is 10.7 Å². The molecule has 1 N–H and O–H groups in total. The number of fused-ring (bicyclic) bond motifs is 1. The number of rotatable bonds is 4. The summed E-state index contributed by atoms with van der Waals surface area (Å²) in [7, 11) is 0. The van der Waals surface area contributed by atoms with Crippen LogP contribution in [0.3, 0.4) is 0 Å². The summed E-state index contributed by atoms with van der Waals surface area (Å²) in [6, 6.07) is 0. The third kappa shape index (κ3) is 2.09. The lowest BCUT2D eigenvalue weighted by atomic mass is 10.3. The number of imidazole rings is 1. The number of carboxylic acid groups (broad SMARTS) is 1. The van der Waals surface area contributed by atoms with Gasteiger partial charge in [-0.3, -0.25) is 9.20 Å². The predicted octanol–water partition coefficient (Wildman–Crippen LogP) is 0.663. The zero-order valence-corrected chi connectivity index (χ0v) is 10.0. The molecule has 8 heteroatoms. The summed E-state index contributed by atoms with van der Waals surface area (Å²) in [4.78, 5) is 15.9. The summed E-state index contributed by atoms with van der Waals surface area (Å²) < 4.78 is 3.53. The van der Waals surface area contributed by atoms with Gasteiger partial charge in [-0.1, -0.05) is 5.21 Å². The average Bonchev–Trinajstić information content (AvgIpc) is 2.93. The first-order valence-corrected chi connectivity index (χ1v) is 6.10. The molecule has 0 aliphatic heterocycles. The third-order valence-corrected chi connectivity index (χ3v) is 3.16. The molecule has 0 radical (unpaired) electrons. The molecule has 0 aromatic carbocycles. The first kappa shape index (κ1) is 10.9. The maximum absolute atomic E-state index is 10.5. The minimum atomic E-state index is -0.912. The van der Waals surface area contributed by atoms with Crippen molar-refractivity contribution in [3.05, 3.63) is 35.4 Å². The highest BCUT2D eigenvalue weighted by Gasteiger charge is 2.08. The monoisotopic (exact) mass is 263 g/mol. The number of carboxylic acids is 1. The van der Waals surface area contributed by atoms with Crippen LogP contribution < -0.4 is 0 Å². The Morgan fingerprint density at radius 3 is 3.06 bits per heavy atom. The van der Waals surface area contributed by atoms with E-state index in [1.54, 1.807) is 22.2 Å². The van der Waals surface area contributed by atoms with Crippen molar-refractivity contribution in [3.8, 4) is 0 Å². The quantitative estimate of drug-likeness (QED) is 0.747. The smallest absolute Gasteiger partial charge is 0.309 e. The standard InChI is InChI=1S/C10H9N5O2S/c16-9(17)3-7-5-15(13-12-7)6-8-4-14-1-2-18-10(14)11-8/h1-2,4-5H,3,6H2,(H,16,17). The molecule has 92 valence electrons. The van der Waals surface area contributed by atoms with Gasteiger partial charge in [-0.2, -0.15) is 0 Å². The van der Waals surface area contributed by atoms with E-state index >= 15 is 0 Å². The van der Waals surface area contributed by atoms with Crippen LogP contribution in [-0.4, -0.2) is 35.5 Å². The molecule has 3 rings (SSSR count). The maximum Gasteiger partial charge on any atom is 0.309 e. The van der Waals surface area contributed by atoms with Gasteiger partial charge in [-0.05, 0) is 0 Å². The van der Waals surface area contributed by atoms with Crippen LogP contribution in [0.2, 0.25) is 0 Å². The van der Waals surface area contributed by atoms with Crippen LogP contribution in [0.15, 0.2) is 24.0 Å². The van der Waals surface area contributed by atoms with E-state index in [9.17, 15) is 4.79 Å². The van der Waals surface area contributed by atoms with Gasteiger partial charge < -0.3 is 5.11 Å². The van der Waals surface area contributed by atoms with E-state index in [1.165, 1.54) is 0 Å². The SMILES string of the molecule is O=C(O)Cc1cn(Cc2cn3ccsc3n2)nn1. The van der Waals surface area contributed by atoms with Gasteiger partial charge >= 0.3 is 5.97 Å². The lowest BCUT2D eigenvalue weighted by Gasteiger charge is -1.94. The van der Waals surface area contributed by atoms with Crippen molar-refractivity contribution < 1.29 is 9.90 Å². The van der Waals surface area contributed by atoms with Gasteiger partial charge in [0.25, 0.3) is 0 Å². The van der Waals surface area contributed by atoms with E-state index < -0.39 is 5.97 Å². The normalized spacial score (nSPS) is 11.1. The van der Waals surface area contributed by atoms with Crippen molar-refractivity contribution in [2.24, 2.45) is 0 Å². The van der Waals surface area contributed by atoms with Crippen molar-refractivity contribution in [1.29, 1.82) is 0 Å². The van der Waals surface area contributed by atoms with E-state index in [4.69, 9.17) is 5.11 Å². The van der Waals surface area contributed by atoms with Crippen LogP contribution in [0.4, 0.5) is 0 Å². The number of thiazole rings is 1. The molecule has 0 saturated carbocycles. The zero-order valence-electron chi connectivity index (χ0n) is 9.22. The number of carbonyl (C=O) groups is 1. The van der Waals surface area contributed by atoms with Crippen LogP contribution in [0.5, 0.6) is 0 Å². The highest BCUT2D eigenvalue weighted by atomic mass is 32.1. The summed E-state index contributed by atoms with van der Waals surface area (Å²) in [6.45, 7) is 0.487. The molecule has 0 bridgehead atoms. The van der Waals surface area contributed by atoms with Gasteiger partial charge in [0.2, 0.25) is 0 Å². The molecule has 0 fully saturated rings. The Hall–Kier alpha value is -2.22. The van der Waals surface area contributed by atoms with Crippen LogP contribution in [0.25, 0.3) is 4.96 Å². The first-order valence-electron chi connectivity index (χ1n) is 5.22. The van der Waals surface area contributed by atoms with E-state index in [-0.39, 0.29) is 6.42 Å². The minimum Gasteiger partial charge on any atom is -0.481 e. The second kappa shape index (κ2) is 4.22. The van der Waals surface area contributed by atoms with Crippen molar-refractivity contribution in [2.75, 3.05) is 0 Å². The molecule has 0 atom stereocenters. The highest BCUT2D eigenvalue weighted by molar-refractivity contribution is 7.15. The molecular weight excluding hydrogens is 254 g/mol. The van der Waals surface area contributed by atoms with E-state index in [2.05, 4.69) is 15.3 Å². The van der Waals surface area contributed by atoms with Crippen LogP contribution in [0.1, 0.15) is 11.4 Å². The van der Waals surface area contributed by atoms with Crippen molar-refractivity contribution >= 4 is 22.3 Å². The Balaban J connectivity index is 1.77. The molecule has 3 aromatic heterocycles. The van der Waals surface area contributed by atoms with Crippen LogP contribution in [-0.2, 0) is 17.8 Å². The lowest BCUT2D eigenvalue weighted by molar-refractivity contribution is -0.136. The van der Waals surface area contributed by atoms with Gasteiger partial charge in [0.05, 0.1) is 24.4 Å². The van der Waals surface area contributed by atoms with Crippen molar-refractivity contribution in [2.45, 2.75) is 13.0 Å². The first-order chi connectivity index (χ1) is 8.70. The number of nitrogens with zero attached hydrogens (tertiary/aromatic N) is 5. The fourth-order valence-electron chi connectivity index (χ4n) is 1.67. The van der Waals surface area contributed by atoms with Crippen molar-refractivity contribution in [3.63, 3.8) is 0 Å². The fraction of sp³-hybridized carbons (Fsp3) is 0.200. The maximum atomic E-state index is 10.5. The van der Waals surface area contributed by atoms with Gasteiger partial charge in [0.15, 0.2) is 4.96 Å². The summed E-state index contributed by atoms with van der Waals surface area (Å²) >= 11 is 1.56. The minimum absolute atomic E-state index is 0.113. The Morgan fingerprint density at radius 1 is 1.39 bits per heavy atom. The van der Waals surface area contributed by atoms with Gasteiger partial charge in [0.1, 0.15) is 0 Å². The van der Waals surface area contributed by atoms with Gasteiger partial charge in [-0.25, -0.2) is 9.67 Å². The second-order valence-corrected chi connectivity index (χ2v) is 4.68. The Morgan fingerprint density at radius 2 is 2.28 bits per heavy atom. The molecule has 0 amide bonds. The fourth-order valence-corrected chi connectivity index (χ4v) is 2.39. The molecule has 0 aliphatic carbocycles. The second-order valence-electron chi connectivity index (χ2n) is 3.80. The average molecular weight is 263 g/mol. The zero-order chi connectivity index (χ0) is 12.5. The van der Waals surface area contributed by atoms with Crippen LogP contribution in [0, 0.1) is 0 Å². The summed E-state index contributed by atoms with van der Waals surface area (Å²) in [5, 5.41) is 18.3. The largest absolute Gasteiger partial charge is 0.481 e. The van der Waals surface area contributed by atoms with Crippen LogP contribution >= 0.6 is 11.3 Å². The molecule has 3 heterocycles. The Labute approximate surface area is 105 Å². The highest BCUT2D eigenvalue weighted by Crippen LogP contribution is 2.12. The summed E-state index contributed by atoms with van der Waals surface area (Å²) in [5.74, 6) is -0.912. The number of aromatic nitrogens is 5. The number of hydrogen-bond acceptors (Lipinski definition) is 5. The third-order valence-electron chi connectivity index (χ3n) is 2.39. The van der Waals surface area contributed by atoms with Gasteiger partial charge in [-0.15, -0.1) is 16.4 Å². The molecule has 0 aliphatic rings. The molecule has 0 saturated heterocycles. The molecule has 3 aromatic rings. The summed E-state index contributed by atoms with van der Waals surface area (Å²) in [6.07, 6.45) is 5.37. The number of hydrogen-bond donors (Lipinski definition) is 1. The molecule has 18 heavy (non-hydrogen) atoms. The molecule has 0 spiro atoms. The predicted molar refractivity (Wildman–Crippen MR) is 63.5 cm³/mol. The molecule has 7 nitrogen and oxygen atoms in total. The number of aliphatic carboxylic acids is 1. The lowest BCUT2D eigenvalue weighted by Crippen LogP contribution is -2.01. The molecular formula is C10H9N5O2S.